The summed E-state index contributed by atoms with van der Waals surface area (Å²) in [6.07, 6.45) is 0.784. The van der Waals surface area contributed by atoms with Gasteiger partial charge in [-0.2, -0.15) is 0 Å². The molecule has 6 nitrogen and oxygen atoms in total. The third kappa shape index (κ3) is 4.30. The number of carbonyl (C=O) groups excluding carboxylic acids is 3. The van der Waals surface area contributed by atoms with Crippen LogP contribution in [0.5, 0.6) is 0 Å². The molecule has 172 valence electrons. The van der Waals surface area contributed by atoms with Crippen LogP contribution in [0.15, 0.2) is 77.5 Å². The van der Waals surface area contributed by atoms with Gasteiger partial charge in [-0.1, -0.05) is 48.9 Å². The normalized spacial score (nSPS) is 13.5. The number of imide groups is 1. The predicted octanol–water partition coefficient (Wildman–Crippen LogP) is 5.38. The molecule has 3 aromatic rings. The van der Waals surface area contributed by atoms with E-state index in [9.17, 15) is 18.8 Å². The van der Waals surface area contributed by atoms with Crippen LogP contribution in [-0.2, 0) is 16.0 Å². The van der Waals surface area contributed by atoms with Gasteiger partial charge in [-0.3, -0.25) is 14.4 Å². The third-order valence-electron chi connectivity index (χ3n) is 5.52. The average molecular weight is 478 g/mol. The van der Waals surface area contributed by atoms with Crippen molar-refractivity contribution in [3.63, 3.8) is 0 Å². The van der Waals surface area contributed by atoms with Crippen LogP contribution < -0.4 is 15.5 Å². The minimum absolute atomic E-state index is 0.167. The molecule has 3 amide bonds. The standard InChI is InChI=1S/C26H21ClFN3O3/c1-3-16-8-6-7-15(2)22(16)30-24(32)17-11-13-18(14-12-17)29-23-21(27)25(33)31(26(23)34)20-10-5-4-9-19(20)28/h4-14,29H,3H2,1-2H3,(H,30,32). The van der Waals surface area contributed by atoms with Crippen LogP contribution in [-0.4, -0.2) is 17.7 Å². The highest BCUT2D eigenvalue weighted by Gasteiger charge is 2.40. The molecule has 0 atom stereocenters. The summed E-state index contributed by atoms with van der Waals surface area (Å²) in [7, 11) is 0. The van der Waals surface area contributed by atoms with E-state index >= 15 is 0 Å². The first kappa shape index (κ1) is 23.2. The fourth-order valence-electron chi connectivity index (χ4n) is 3.70. The van der Waals surface area contributed by atoms with Gasteiger partial charge in [-0.15, -0.1) is 0 Å². The van der Waals surface area contributed by atoms with Crippen LogP contribution in [0.3, 0.4) is 0 Å². The predicted molar refractivity (Wildman–Crippen MR) is 130 cm³/mol. The van der Waals surface area contributed by atoms with E-state index in [0.29, 0.717) is 16.2 Å². The van der Waals surface area contributed by atoms with E-state index in [2.05, 4.69) is 10.6 Å². The zero-order chi connectivity index (χ0) is 24.4. The molecule has 34 heavy (non-hydrogen) atoms. The molecular weight excluding hydrogens is 457 g/mol. The van der Waals surface area contributed by atoms with Crippen molar-refractivity contribution < 1.29 is 18.8 Å². The van der Waals surface area contributed by atoms with Gasteiger partial charge in [0, 0.05) is 16.9 Å². The number of nitrogens with zero attached hydrogens (tertiary/aromatic N) is 1. The zero-order valence-electron chi connectivity index (χ0n) is 18.5. The number of para-hydroxylation sites is 2. The van der Waals surface area contributed by atoms with Crippen LogP contribution in [0.25, 0.3) is 0 Å². The lowest BCUT2D eigenvalue weighted by Crippen LogP contribution is -2.33. The van der Waals surface area contributed by atoms with Gasteiger partial charge in [0.25, 0.3) is 17.7 Å². The Morgan fingerprint density at radius 1 is 0.971 bits per heavy atom. The van der Waals surface area contributed by atoms with E-state index in [4.69, 9.17) is 11.6 Å². The van der Waals surface area contributed by atoms with E-state index in [1.165, 1.54) is 18.2 Å². The molecule has 0 bridgehead atoms. The average Bonchev–Trinajstić information content (AvgIpc) is 3.04. The highest BCUT2D eigenvalue weighted by atomic mass is 35.5. The van der Waals surface area contributed by atoms with E-state index in [-0.39, 0.29) is 22.3 Å². The maximum Gasteiger partial charge on any atom is 0.283 e. The van der Waals surface area contributed by atoms with Gasteiger partial charge >= 0.3 is 0 Å². The van der Waals surface area contributed by atoms with Crippen LogP contribution >= 0.6 is 11.6 Å². The van der Waals surface area contributed by atoms with Gasteiger partial charge in [-0.05, 0) is 60.9 Å². The van der Waals surface area contributed by atoms with Gasteiger partial charge in [0.2, 0.25) is 0 Å². The molecule has 4 rings (SSSR count). The Morgan fingerprint density at radius 3 is 2.35 bits per heavy atom. The molecule has 0 unspecified atom stereocenters. The summed E-state index contributed by atoms with van der Waals surface area (Å²) in [5, 5.41) is 5.43. The largest absolute Gasteiger partial charge is 0.350 e. The summed E-state index contributed by atoms with van der Waals surface area (Å²) in [6, 6.07) is 17.7. The van der Waals surface area contributed by atoms with Crippen LogP contribution in [0.4, 0.5) is 21.5 Å². The molecule has 0 aromatic heterocycles. The first-order valence-corrected chi connectivity index (χ1v) is 11.0. The van der Waals surface area contributed by atoms with Crippen LogP contribution in [0.2, 0.25) is 0 Å². The monoisotopic (exact) mass is 477 g/mol. The van der Waals surface area contributed by atoms with Gasteiger partial charge < -0.3 is 10.6 Å². The molecular formula is C26H21ClFN3O3. The molecule has 0 aliphatic carbocycles. The Bertz CT molecular complexity index is 1340. The lowest BCUT2D eigenvalue weighted by atomic mass is 10.1. The van der Waals surface area contributed by atoms with Crippen LogP contribution in [0.1, 0.15) is 28.4 Å². The first-order chi connectivity index (χ1) is 16.3. The topological polar surface area (TPSA) is 78.5 Å². The van der Waals surface area contributed by atoms with Crippen molar-refractivity contribution in [2.45, 2.75) is 20.3 Å². The van der Waals surface area contributed by atoms with Crippen molar-refractivity contribution in [3.05, 3.63) is 100.0 Å². The maximum atomic E-state index is 14.2. The van der Waals surface area contributed by atoms with Crippen molar-refractivity contribution >= 4 is 46.4 Å². The van der Waals surface area contributed by atoms with Gasteiger partial charge in [0.1, 0.15) is 16.5 Å². The minimum atomic E-state index is -0.819. The lowest BCUT2D eigenvalue weighted by Gasteiger charge is -2.16. The molecule has 0 fully saturated rings. The Balaban J connectivity index is 1.51. The Morgan fingerprint density at radius 2 is 1.68 bits per heavy atom. The van der Waals surface area contributed by atoms with Crippen LogP contribution in [0, 0.1) is 12.7 Å². The number of hydrogen-bond donors (Lipinski definition) is 2. The fourth-order valence-corrected chi connectivity index (χ4v) is 3.91. The maximum absolute atomic E-state index is 14.2. The van der Waals surface area contributed by atoms with E-state index in [1.54, 1.807) is 24.3 Å². The molecule has 1 heterocycles. The summed E-state index contributed by atoms with van der Waals surface area (Å²) in [6.45, 7) is 3.96. The SMILES string of the molecule is CCc1cccc(C)c1NC(=O)c1ccc(NC2=C(Cl)C(=O)N(c3ccccc3F)C2=O)cc1. The van der Waals surface area contributed by atoms with Crippen molar-refractivity contribution in [3.8, 4) is 0 Å². The van der Waals surface area contributed by atoms with Gasteiger partial charge in [0.05, 0.1) is 5.69 Å². The number of carbonyl (C=O) groups is 3. The second-order valence-corrected chi connectivity index (χ2v) is 8.08. The third-order valence-corrected chi connectivity index (χ3v) is 5.87. The summed E-state index contributed by atoms with van der Waals surface area (Å²) in [4.78, 5) is 38.8. The number of halogens is 2. The first-order valence-electron chi connectivity index (χ1n) is 10.6. The quantitative estimate of drug-likeness (QED) is 0.467. The molecule has 2 N–H and O–H groups in total. The number of benzene rings is 3. The number of amides is 3. The summed E-state index contributed by atoms with van der Waals surface area (Å²) < 4.78 is 14.2. The number of rotatable bonds is 6. The smallest absolute Gasteiger partial charge is 0.283 e. The van der Waals surface area contributed by atoms with E-state index < -0.39 is 17.6 Å². The summed E-state index contributed by atoms with van der Waals surface area (Å²) >= 11 is 6.10. The number of aryl methyl sites for hydroxylation is 2. The lowest BCUT2D eigenvalue weighted by molar-refractivity contribution is -0.120. The van der Waals surface area contributed by atoms with Gasteiger partial charge in [0.15, 0.2) is 0 Å². The highest BCUT2D eigenvalue weighted by molar-refractivity contribution is 6.53. The van der Waals surface area contributed by atoms with Crippen molar-refractivity contribution in [1.29, 1.82) is 0 Å². The molecule has 0 spiro atoms. The summed E-state index contributed by atoms with van der Waals surface area (Å²) in [5.41, 5.74) is 3.30. The molecule has 0 saturated heterocycles. The van der Waals surface area contributed by atoms with E-state index in [0.717, 1.165) is 29.3 Å². The second kappa shape index (κ2) is 9.49. The molecule has 3 aromatic carbocycles. The molecule has 8 heteroatoms. The highest BCUT2D eigenvalue weighted by Crippen LogP contribution is 2.31. The second-order valence-electron chi connectivity index (χ2n) is 7.71. The molecule has 0 saturated carbocycles. The van der Waals surface area contributed by atoms with E-state index in [1.807, 2.05) is 32.0 Å². The Labute approximate surface area is 201 Å². The number of nitrogens with one attached hydrogen (secondary N) is 2. The minimum Gasteiger partial charge on any atom is -0.350 e. The summed E-state index contributed by atoms with van der Waals surface area (Å²) in [5.74, 6) is -2.58. The van der Waals surface area contributed by atoms with Crippen molar-refractivity contribution in [1.82, 2.24) is 0 Å². The van der Waals surface area contributed by atoms with Crippen molar-refractivity contribution in [2.75, 3.05) is 15.5 Å². The Kier molecular flexibility index (Phi) is 6.47. The fraction of sp³-hybridized carbons (Fsp3) is 0.115. The van der Waals surface area contributed by atoms with Crippen molar-refractivity contribution in [2.24, 2.45) is 0 Å². The van der Waals surface area contributed by atoms with Gasteiger partial charge in [-0.25, -0.2) is 9.29 Å². The molecule has 0 radical (unpaired) electrons. The molecule has 1 aliphatic heterocycles. The molecule has 1 aliphatic rings. The number of hydrogen-bond acceptors (Lipinski definition) is 4. The number of anilines is 3. The zero-order valence-corrected chi connectivity index (χ0v) is 19.2. The Hall–Kier alpha value is -3.97.